The number of anilines is 1. The number of piperidine rings is 1. The van der Waals surface area contributed by atoms with Crippen molar-refractivity contribution in [3.63, 3.8) is 0 Å². The van der Waals surface area contributed by atoms with Crippen LogP contribution in [0.4, 0.5) is 10.5 Å². The molecule has 0 aliphatic carbocycles. The second-order valence-corrected chi connectivity index (χ2v) is 7.82. The number of likely N-dealkylation sites (tertiary alicyclic amines) is 1. The number of aryl methyl sites for hydroxylation is 1. The molecule has 0 spiro atoms. The first-order chi connectivity index (χ1) is 13.0. The van der Waals surface area contributed by atoms with Gasteiger partial charge in [0.25, 0.3) is 0 Å². The van der Waals surface area contributed by atoms with Crippen LogP contribution in [0.1, 0.15) is 29.5 Å². The minimum Gasteiger partial charge on any atom is -0.341 e. The molecule has 2 N–H and O–H groups in total. The van der Waals surface area contributed by atoms with Gasteiger partial charge in [-0.15, -0.1) is 0 Å². The summed E-state index contributed by atoms with van der Waals surface area (Å²) in [5, 5.41) is 6.38. The predicted octanol–water partition coefficient (Wildman–Crippen LogP) is 4.85. The zero-order valence-corrected chi connectivity index (χ0v) is 16.9. The van der Waals surface area contributed by atoms with Crippen LogP contribution in [0.25, 0.3) is 0 Å². The summed E-state index contributed by atoms with van der Waals surface area (Å²) in [6, 6.07) is 14.1. The van der Waals surface area contributed by atoms with Gasteiger partial charge in [0, 0.05) is 30.8 Å². The van der Waals surface area contributed by atoms with Crippen LogP contribution < -0.4 is 10.6 Å². The SMILES string of the molecule is CNC(=O)Nc1cccc(C)c1CN1CCCC(Cc2ccc(Cl)cc2)C1. The molecular weight excluding hydrogens is 358 g/mol. The van der Waals surface area contributed by atoms with Gasteiger partial charge >= 0.3 is 6.03 Å². The molecule has 1 atom stereocenters. The molecule has 0 bridgehead atoms. The number of halogens is 1. The zero-order valence-electron chi connectivity index (χ0n) is 16.1. The summed E-state index contributed by atoms with van der Waals surface area (Å²) in [5.74, 6) is 0.652. The smallest absolute Gasteiger partial charge is 0.318 e. The molecule has 3 rings (SSSR count). The van der Waals surface area contributed by atoms with Gasteiger partial charge in [0.1, 0.15) is 0 Å². The highest BCUT2D eigenvalue weighted by atomic mass is 35.5. The molecule has 1 aliphatic heterocycles. The summed E-state index contributed by atoms with van der Waals surface area (Å²) in [6.07, 6.45) is 3.56. The number of nitrogens with one attached hydrogen (secondary N) is 2. The lowest BCUT2D eigenvalue weighted by Crippen LogP contribution is -2.36. The van der Waals surface area contributed by atoms with Crippen LogP contribution in [0.3, 0.4) is 0 Å². The highest BCUT2D eigenvalue weighted by molar-refractivity contribution is 6.30. The highest BCUT2D eigenvalue weighted by Crippen LogP contribution is 2.26. The molecule has 1 unspecified atom stereocenters. The first kappa shape index (κ1) is 19.7. The summed E-state index contributed by atoms with van der Waals surface area (Å²) in [4.78, 5) is 14.3. The fourth-order valence-electron chi connectivity index (χ4n) is 3.85. The first-order valence-corrected chi connectivity index (χ1v) is 9.97. The van der Waals surface area contributed by atoms with Gasteiger partial charge in [0.15, 0.2) is 0 Å². The van der Waals surface area contributed by atoms with Crippen molar-refractivity contribution in [1.82, 2.24) is 10.2 Å². The molecule has 5 heteroatoms. The first-order valence-electron chi connectivity index (χ1n) is 9.59. The van der Waals surface area contributed by atoms with E-state index in [1.807, 2.05) is 24.3 Å². The number of carbonyl (C=O) groups excluding carboxylic acids is 1. The van der Waals surface area contributed by atoms with E-state index in [2.05, 4.69) is 40.7 Å². The Morgan fingerprint density at radius 1 is 1.22 bits per heavy atom. The number of amides is 2. The molecule has 1 aliphatic rings. The molecule has 2 amide bonds. The maximum Gasteiger partial charge on any atom is 0.318 e. The van der Waals surface area contributed by atoms with Gasteiger partial charge < -0.3 is 10.6 Å². The van der Waals surface area contributed by atoms with Crippen molar-refractivity contribution in [2.75, 3.05) is 25.5 Å². The highest BCUT2D eigenvalue weighted by Gasteiger charge is 2.22. The van der Waals surface area contributed by atoms with Crippen LogP contribution in [0.15, 0.2) is 42.5 Å². The largest absolute Gasteiger partial charge is 0.341 e. The van der Waals surface area contributed by atoms with Crippen LogP contribution in [-0.2, 0) is 13.0 Å². The van der Waals surface area contributed by atoms with E-state index in [0.717, 1.165) is 36.8 Å². The van der Waals surface area contributed by atoms with E-state index in [0.29, 0.717) is 5.92 Å². The molecule has 2 aromatic rings. The second kappa shape index (κ2) is 9.25. The fraction of sp³-hybridized carbons (Fsp3) is 0.409. The van der Waals surface area contributed by atoms with Crippen molar-refractivity contribution in [3.8, 4) is 0 Å². The van der Waals surface area contributed by atoms with E-state index >= 15 is 0 Å². The molecule has 0 saturated carbocycles. The van der Waals surface area contributed by atoms with E-state index in [1.165, 1.54) is 29.5 Å². The molecule has 0 aromatic heterocycles. The van der Waals surface area contributed by atoms with Crippen molar-refractivity contribution in [2.45, 2.75) is 32.7 Å². The fourth-order valence-corrected chi connectivity index (χ4v) is 3.98. The molecule has 1 saturated heterocycles. The Bertz CT molecular complexity index is 776. The molecule has 2 aromatic carbocycles. The molecule has 144 valence electrons. The number of carbonyl (C=O) groups is 1. The van der Waals surface area contributed by atoms with Gasteiger partial charge in [0.2, 0.25) is 0 Å². The third kappa shape index (κ3) is 5.47. The summed E-state index contributed by atoms with van der Waals surface area (Å²) in [5.41, 5.74) is 4.66. The maximum atomic E-state index is 11.8. The molecule has 4 nitrogen and oxygen atoms in total. The number of benzene rings is 2. The van der Waals surface area contributed by atoms with Crippen LogP contribution in [0.2, 0.25) is 5.02 Å². The van der Waals surface area contributed by atoms with Crippen LogP contribution in [0.5, 0.6) is 0 Å². The van der Waals surface area contributed by atoms with Gasteiger partial charge in [-0.2, -0.15) is 0 Å². The van der Waals surface area contributed by atoms with Crippen molar-refractivity contribution < 1.29 is 4.79 Å². The van der Waals surface area contributed by atoms with Crippen LogP contribution in [0, 0.1) is 12.8 Å². The zero-order chi connectivity index (χ0) is 19.2. The molecule has 0 radical (unpaired) electrons. The van der Waals surface area contributed by atoms with Crippen molar-refractivity contribution in [2.24, 2.45) is 5.92 Å². The standard InChI is InChI=1S/C22H28ClN3O/c1-16-5-3-7-21(25-22(27)24-2)20(16)15-26-12-4-6-18(14-26)13-17-8-10-19(23)11-9-17/h3,5,7-11,18H,4,6,12-15H2,1-2H3,(H2,24,25,27). The predicted molar refractivity (Wildman–Crippen MR) is 112 cm³/mol. The summed E-state index contributed by atoms with van der Waals surface area (Å²) in [6.45, 7) is 5.16. The monoisotopic (exact) mass is 385 g/mol. The van der Waals surface area contributed by atoms with E-state index in [1.54, 1.807) is 7.05 Å². The lowest BCUT2D eigenvalue weighted by molar-refractivity contribution is 0.167. The van der Waals surface area contributed by atoms with Gasteiger partial charge in [0.05, 0.1) is 0 Å². The Morgan fingerprint density at radius 3 is 2.74 bits per heavy atom. The minimum absolute atomic E-state index is 0.180. The number of rotatable bonds is 5. The van der Waals surface area contributed by atoms with E-state index in [-0.39, 0.29) is 6.03 Å². The molecule has 1 heterocycles. The second-order valence-electron chi connectivity index (χ2n) is 7.38. The third-order valence-corrected chi connectivity index (χ3v) is 5.56. The van der Waals surface area contributed by atoms with Gasteiger partial charge in [-0.25, -0.2) is 4.79 Å². The molecular formula is C22H28ClN3O. The number of hydrogen-bond donors (Lipinski definition) is 2. The van der Waals surface area contributed by atoms with Crippen LogP contribution >= 0.6 is 11.6 Å². The topological polar surface area (TPSA) is 44.4 Å². The summed E-state index contributed by atoms with van der Waals surface area (Å²) < 4.78 is 0. The molecule has 1 fully saturated rings. The van der Waals surface area contributed by atoms with E-state index in [4.69, 9.17) is 11.6 Å². The maximum absolute atomic E-state index is 11.8. The minimum atomic E-state index is -0.180. The quantitative estimate of drug-likeness (QED) is 0.772. The number of nitrogens with zero attached hydrogens (tertiary/aromatic N) is 1. The Kier molecular flexibility index (Phi) is 6.75. The average Bonchev–Trinajstić information content (AvgIpc) is 2.66. The summed E-state index contributed by atoms with van der Waals surface area (Å²) in [7, 11) is 1.64. The lowest BCUT2D eigenvalue weighted by Gasteiger charge is -2.33. The van der Waals surface area contributed by atoms with E-state index in [9.17, 15) is 4.79 Å². The Balaban J connectivity index is 1.67. The third-order valence-electron chi connectivity index (χ3n) is 5.31. The Labute approximate surface area is 166 Å². The van der Waals surface area contributed by atoms with Gasteiger partial charge in [-0.1, -0.05) is 35.9 Å². The number of hydrogen-bond acceptors (Lipinski definition) is 2. The van der Waals surface area contributed by atoms with Crippen LogP contribution in [-0.4, -0.2) is 31.1 Å². The summed E-state index contributed by atoms with van der Waals surface area (Å²) >= 11 is 6.00. The van der Waals surface area contributed by atoms with Crippen molar-refractivity contribution >= 4 is 23.3 Å². The number of urea groups is 1. The van der Waals surface area contributed by atoms with Gasteiger partial charge in [-0.3, -0.25) is 4.90 Å². The van der Waals surface area contributed by atoms with Gasteiger partial charge in [-0.05, 0) is 73.5 Å². The normalized spacial score (nSPS) is 17.5. The lowest BCUT2D eigenvalue weighted by atomic mass is 9.91. The average molecular weight is 386 g/mol. The Morgan fingerprint density at radius 2 is 2.00 bits per heavy atom. The van der Waals surface area contributed by atoms with Crippen molar-refractivity contribution in [3.05, 3.63) is 64.2 Å². The van der Waals surface area contributed by atoms with Crippen molar-refractivity contribution in [1.29, 1.82) is 0 Å². The van der Waals surface area contributed by atoms with E-state index < -0.39 is 0 Å². The Hall–Kier alpha value is -2.04. The molecule has 27 heavy (non-hydrogen) atoms.